The third kappa shape index (κ3) is 6.19. The lowest BCUT2D eigenvalue weighted by atomic mass is 10.2. The number of nitrogens with zero attached hydrogens (tertiary/aromatic N) is 1. The number of halogens is 1. The number of hydrogen-bond donors (Lipinski definition) is 1. The van der Waals surface area contributed by atoms with Crippen LogP contribution in [0.2, 0.25) is 5.02 Å². The number of rotatable bonds is 8. The molecule has 0 aliphatic heterocycles. The Balaban J connectivity index is 1.70. The molecular weight excluding hydrogens is 464 g/mol. The van der Waals surface area contributed by atoms with Gasteiger partial charge in [-0.05, 0) is 42.3 Å². The Morgan fingerprint density at radius 1 is 1.00 bits per heavy atom. The van der Waals surface area contributed by atoms with E-state index in [1.807, 2.05) is 49.4 Å². The zero-order valence-corrected chi connectivity index (χ0v) is 19.7. The maximum absolute atomic E-state index is 13.0. The van der Waals surface area contributed by atoms with E-state index in [-0.39, 0.29) is 22.0 Å². The Morgan fingerprint density at radius 2 is 1.67 bits per heavy atom. The number of carbonyl (C=O) groups excluding carboxylic acids is 2. The second-order valence-electron chi connectivity index (χ2n) is 7.33. The smallest absolute Gasteiger partial charge is 0.340 e. The van der Waals surface area contributed by atoms with Crippen LogP contribution in [0.5, 0.6) is 0 Å². The van der Waals surface area contributed by atoms with Crippen LogP contribution in [0.3, 0.4) is 0 Å². The summed E-state index contributed by atoms with van der Waals surface area (Å²) >= 11 is 6.11. The van der Waals surface area contributed by atoms with E-state index in [2.05, 4.69) is 5.32 Å². The molecule has 0 bridgehead atoms. The first-order valence-corrected chi connectivity index (χ1v) is 11.8. The number of anilines is 1. The fourth-order valence-corrected chi connectivity index (χ4v) is 4.42. The van der Waals surface area contributed by atoms with Gasteiger partial charge in [0.15, 0.2) is 6.61 Å². The van der Waals surface area contributed by atoms with E-state index in [4.69, 9.17) is 16.3 Å². The molecule has 3 rings (SSSR count). The largest absolute Gasteiger partial charge is 0.452 e. The average molecular weight is 487 g/mol. The summed E-state index contributed by atoms with van der Waals surface area (Å²) in [6, 6.07) is 20.1. The summed E-state index contributed by atoms with van der Waals surface area (Å²) in [4.78, 5) is 24.6. The Bertz CT molecular complexity index is 1260. The third-order valence-electron chi connectivity index (χ3n) is 4.87. The number of para-hydroxylation sites is 1. The highest BCUT2D eigenvalue weighted by molar-refractivity contribution is 7.89. The van der Waals surface area contributed by atoms with Crippen molar-refractivity contribution in [1.82, 2.24) is 4.31 Å². The van der Waals surface area contributed by atoms with Gasteiger partial charge in [-0.1, -0.05) is 60.1 Å². The average Bonchev–Trinajstić information content (AvgIpc) is 2.80. The van der Waals surface area contributed by atoms with E-state index >= 15 is 0 Å². The third-order valence-corrected chi connectivity index (χ3v) is 7.00. The summed E-state index contributed by atoms with van der Waals surface area (Å²) in [5.41, 5.74) is 2.13. The predicted octanol–water partition coefficient (Wildman–Crippen LogP) is 4.26. The minimum absolute atomic E-state index is 0.0176. The Labute approximate surface area is 198 Å². The molecule has 33 heavy (non-hydrogen) atoms. The van der Waals surface area contributed by atoms with Gasteiger partial charge in [0.25, 0.3) is 5.91 Å². The topological polar surface area (TPSA) is 92.8 Å². The van der Waals surface area contributed by atoms with Gasteiger partial charge in [0.1, 0.15) is 0 Å². The fourth-order valence-electron chi connectivity index (χ4n) is 3.04. The normalized spacial score (nSPS) is 11.3. The van der Waals surface area contributed by atoms with Crippen molar-refractivity contribution < 1.29 is 22.7 Å². The van der Waals surface area contributed by atoms with E-state index in [1.54, 1.807) is 12.1 Å². The standard InChI is InChI=1S/C24H23ClN2O5S/c1-17-8-6-7-11-22(17)26-23(28)16-32-24(29)20-14-19(12-13-21(20)25)33(30,31)27(2)15-18-9-4-3-5-10-18/h3-14H,15-16H2,1-2H3,(H,26,28). The van der Waals surface area contributed by atoms with Gasteiger partial charge < -0.3 is 10.1 Å². The van der Waals surface area contributed by atoms with Crippen LogP contribution in [0.4, 0.5) is 5.69 Å². The Kier molecular flexibility index (Phi) is 7.86. The molecule has 3 aromatic carbocycles. The van der Waals surface area contributed by atoms with Crippen LogP contribution < -0.4 is 5.32 Å². The van der Waals surface area contributed by atoms with Gasteiger partial charge in [-0.3, -0.25) is 4.79 Å². The van der Waals surface area contributed by atoms with Crippen molar-refractivity contribution in [2.24, 2.45) is 0 Å². The molecule has 9 heteroatoms. The molecule has 0 unspecified atom stereocenters. The Hall–Kier alpha value is -3.20. The van der Waals surface area contributed by atoms with Gasteiger partial charge in [-0.25, -0.2) is 13.2 Å². The number of ether oxygens (including phenoxy) is 1. The van der Waals surface area contributed by atoms with Crippen LogP contribution in [-0.4, -0.2) is 38.3 Å². The molecule has 0 saturated carbocycles. The zero-order chi connectivity index (χ0) is 24.0. The molecule has 7 nitrogen and oxygen atoms in total. The molecule has 172 valence electrons. The van der Waals surface area contributed by atoms with Gasteiger partial charge in [0.05, 0.1) is 15.5 Å². The van der Waals surface area contributed by atoms with Crippen LogP contribution in [-0.2, 0) is 26.1 Å². The molecule has 0 heterocycles. The lowest BCUT2D eigenvalue weighted by molar-refractivity contribution is -0.119. The summed E-state index contributed by atoms with van der Waals surface area (Å²) in [7, 11) is -2.45. The van der Waals surface area contributed by atoms with Crippen LogP contribution >= 0.6 is 11.6 Å². The van der Waals surface area contributed by atoms with Crippen LogP contribution in [0.25, 0.3) is 0 Å². The number of benzene rings is 3. The van der Waals surface area contributed by atoms with Gasteiger partial charge in [-0.2, -0.15) is 4.31 Å². The highest BCUT2D eigenvalue weighted by Gasteiger charge is 2.24. The molecule has 0 aliphatic rings. The van der Waals surface area contributed by atoms with Crippen molar-refractivity contribution in [1.29, 1.82) is 0 Å². The molecule has 0 radical (unpaired) electrons. The summed E-state index contributed by atoms with van der Waals surface area (Å²) in [6.45, 7) is 1.45. The second-order valence-corrected chi connectivity index (χ2v) is 9.78. The quantitative estimate of drug-likeness (QED) is 0.480. The second kappa shape index (κ2) is 10.6. The van der Waals surface area contributed by atoms with Crippen molar-refractivity contribution in [3.8, 4) is 0 Å². The molecular formula is C24H23ClN2O5S. The number of sulfonamides is 1. The number of hydrogen-bond acceptors (Lipinski definition) is 5. The van der Waals surface area contributed by atoms with Crippen molar-refractivity contribution >= 4 is 39.2 Å². The van der Waals surface area contributed by atoms with E-state index in [0.29, 0.717) is 5.69 Å². The van der Waals surface area contributed by atoms with Gasteiger partial charge >= 0.3 is 5.97 Å². The summed E-state index contributed by atoms with van der Waals surface area (Å²) in [5.74, 6) is -1.43. The lowest BCUT2D eigenvalue weighted by Gasteiger charge is -2.18. The molecule has 0 atom stereocenters. The number of esters is 1. The minimum Gasteiger partial charge on any atom is -0.452 e. The summed E-state index contributed by atoms with van der Waals surface area (Å²) in [5, 5.41) is 2.67. The van der Waals surface area contributed by atoms with E-state index < -0.39 is 28.5 Å². The van der Waals surface area contributed by atoms with Crippen LogP contribution in [0, 0.1) is 6.92 Å². The van der Waals surface area contributed by atoms with Gasteiger partial charge in [0, 0.05) is 19.3 Å². The predicted molar refractivity (Wildman–Crippen MR) is 127 cm³/mol. The van der Waals surface area contributed by atoms with Crippen LogP contribution in [0.15, 0.2) is 77.7 Å². The fraction of sp³-hybridized carbons (Fsp3) is 0.167. The summed E-state index contributed by atoms with van der Waals surface area (Å²) in [6.07, 6.45) is 0. The monoisotopic (exact) mass is 486 g/mol. The molecule has 0 aromatic heterocycles. The van der Waals surface area contributed by atoms with E-state index in [0.717, 1.165) is 17.2 Å². The highest BCUT2D eigenvalue weighted by Crippen LogP contribution is 2.24. The van der Waals surface area contributed by atoms with Crippen molar-refractivity contribution in [2.45, 2.75) is 18.4 Å². The van der Waals surface area contributed by atoms with Crippen molar-refractivity contribution in [3.63, 3.8) is 0 Å². The number of amides is 1. The number of nitrogens with one attached hydrogen (secondary N) is 1. The molecule has 1 N–H and O–H groups in total. The molecule has 3 aromatic rings. The first-order valence-electron chi connectivity index (χ1n) is 10.0. The zero-order valence-electron chi connectivity index (χ0n) is 18.1. The first kappa shape index (κ1) is 24.4. The van der Waals surface area contributed by atoms with E-state index in [9.17, 15) is 18.0 Å². The Morgan fingerprint density at radius 3 is 2.36 bits per heavy atom. The maximum atomic E-state index is 13.0. The van der Waals surface area contributed by atoms with E-state index in [1.165, 1.54) is 23.5 Å². The minimum atomic E-state index is -3.90. The van der Waals surface area contributed by atoms with Gasteiger partial charge in [-0.15, -0.1) is 0 Å². The van der Waals surface area contributed by atoms with Crippen LogP contribution in [0.1, 0.15) is 21.5 Å². The number of carbonyl (C=O) groups is 2. The molecule has 1 amide bonds. The molecule has 0 saturated heterocycles. The highest BCUT2D eigenvalue weighted by atomic mass is 35.5. The first-order chi connectivity index (χ1) is 15.7. The SMILES string of the molecule is Cc1ccccc1NC(=O)COC(=O)c1cc(S(=O)(=O)N(C)Cc2ccccc2)ccc1Cl. The number of aryl methyl sites for hydroxylation is 1. The molecule has 0 spiro atoms. The van der Waals surface area contributed by atoms with Gasteiger partial charge in [0.2, 0.25) is 10.0 Å². The summed E-state index contributed by atoms with van der Waals surface area (Å²) < 4.78 is 32.2. The maximum Gasteiger partial charge on any atom is 0.340 e. The van der Waals surface area contributed by atoms with Crippen molar-refractivity contribution in [3.05, 3.63) is 94.5 Å². The molecule has 0 fully saturated rings. The van der Waals surface area contributed by atoms with Crippen molar-refractivity contribution in [2.75, 3.05) is 19.0 Å². The molecule has 0 aliphatic carbocycles. The lowest BCUT2D eigenvalue weighted by Crippen LogP contribution is -2.27.